The van der Waals surface area contributed by atoms with E-state index in [0.29, 0.717) is 0 Å². The Labute approximate surface area is 81.1 Å². The Morgan fingerprint density at radius 3 is 2.36 bits per heavy atom. The molecule has 0 heterocycles. The number of carbonyl (C=O) groups excluding carboxylic acids is 1. The summed E-state index contributed by atoms with van der Waals surface area (Å²) in [5.41, 5.74) is 5.34. The third-order valence-electron chi connectivity index (χ3n) is 1.65. The molecule has 3 nitrogen and oxygen atoms in total. The maximum atomic E-state index is 11.8. The van der Waals surface area contributed by atoms with Crippen LogP contribution >= 0.6 is 0 Å². The van der Waals surface area contributed by atoms with Gasteiger partial charge in [0.05, 0.1) is 6.42 Å². The van der Waals surface area contributed by atoms with Gasteiger partial charge in [-0.2, -0.15) is 13.2 Å². The van der Waals surface area contributed by atoms with Gasteiger partial charge in [-0.05, 0) is 6.92 Å². The molecular weight excluding hydrogens is 197 g/mol. The smallest absolute Gasteiger partial charge is 0.345 e. The predicted octanol–water partition coefficient (Wildman–Crippen LogP) is 1.13. The van der Waals surface area contributed by atoms with E-state index in [1.807, 2.05) is 0 Å². The zero-order chi connectivity index (χ0) is 11.4. The Morgan fingerprint density at radius 2 is 2.00 bits per heavy atom. The molecule has 0 radical (unpaired) electrons. The Hall–Kier alpha value is -0.780. The van der Waals surface area contributed by atoms with Crippen LogP contribution in [0, 0.1) is 0 Å². The molecule has 0 saturated carbocycles. The van der Waals surface area contributed by atoms with E-state index in [4.69, 9.17) is 5.73 Å². The van der Waals surface area contributed by atoms with Crippen LogP contribution in [0.1, 0.15) is 19.8 Å². The van der Waals surface area contributed by atoms with Crippen LogP contribution in [0.2, 0.25) is 0 Å². The molecule has 0 spiro atoms. The minimum absolute atomic E-state index is 0.0777. The summed E-state index contributed by atoms with van der Waals surface area (Å²) in [7, 11) is 1.34. The summed E-state index contributed by atoms with van der Waals surface area (Å²) in [5, 5.41) is 0. The van der Waals surface area contributed by atoms with Gasteiger partial charge in [-0.15, -0.1) is 0 Å². The van der Waals surface area contributed by atoms with Gasteiger partial charge in [0.2, 0.25) is 5.91 Å². The lowest BCUT2D eigenvalue weighted by Gasteiger charge is -2.18. The molecule has 0 fully saturated rings. The molecule has 2 N–H and O–H groups in total. The van der Waals surface area contributed by atoms with E-state index in [1.54, 1.807) is 6.92 Å². The van der Waals surface area contributed by atoms with Crippen LogP contribution in [0.3, 0.4) is 0 Å². The van der Waals surface area contributed by atoms with E-state index >= 15 is 0 Å². The van der Waals surface area contributed by atoms with Gasteiger partial charge in [0.15, 0.2) is 0 Å². The van der Waals surface area contributed by atoms with Gasteiger partial charge in [-0.3, -0.25) is 4.79 Å². The number of nitrogens with two attached hydrogens (primary N) is 1. The summed E-state index contributed by atoms with van der Waals surface area (Å²) in [5.74, 6) is -0.357. The van der Waals surface area contributed by atoms with Gasteiger partial charge in [0, 0.05) is 26.1 Å². The van der Waals surface area contributed by atoms with Gasteiger partial charge in [-0.25, -0.2) is 0 Å². The van der Waals surface area contributed by atoms with E-state index < -0.39 is 12.6 Å². The van der Waals surface area contributed by atoms with Crippen LogP contribution in [0.5, 0.6) is 0 Å². The lowest BCUT2D eigenvalue weighted by atomic mass is 10.2. The number of alkyl halides is 3. The van der Waals surface area contributed by atoms with Crippen molar-refractivity contribution in [1.82, 2.24) is 4.90 Å². The van der Waals surface area contributed by atoms with E-state index in [1.165, 1.54) is 7.05 Å². The molecule has 0 aliphatic carbocycles. The summed E-state index contributed by atoms with van der Waals surface area (Å²) < 4.78 is 35.3. The van der Waals surface area contributed by atoms with Crippen LogP contribution in [0.4, 0.5) is 13.2 Å². The van der Waals surface area contributed by atoms with Crippen LogP contribution in [0.15, 0.2) is 0 Å². The average Bonchev–Trinajstić information content (AvgIpc) is 1.97. The van der Waals surface area contributed by atoms with Crippen molar-refractivity contribution in [3.05, 3.63) is 0 Å². The van der Waals surface area contributed by atoms with Crippen LogP contribution < -0.4 is 5.73 Å². The molecule has 1 amide bonds. The molecule has 0 aromatic rings. The minimum atomic E-state index is -4.22. The second-order valence-corrected chi connectivity index (χ2v) is 3.36. The summed E-state index contributed by atoms with van der Waals surface area (Å²) in [4.78, 5) is 12.2. The van der Waals surface area contributed by atoms with E-state index in [2.05, 4.69) is 0 Å². The summed E-state index contributed by atoms with van der Waals surface area (Å²) >= 11 is 0. The zero-order valence-electron chi connectivity index (χ0n) is 8.27. The van der Waals surface area contributed by atoms with Gasteiger partial charge >= 0.3 is 6.18 Å². The fourth-order valence-electron chi connectivity index (χ4n) is 0.850. The quantitative estimate of drug-likeness (QED) is 0.759. The lowest BCUT2D eigenvalue weighted by molar-refractivity contribution is -0.144. The van der Waals surface area contributed by atoms with E-state index in [9.17, 15) is 18.0 Å². The highest BCUT2D eigenvalue weighted by molar-refractivity contribution is 5.76. The molecule has 6 heteroatoms. The van der Waals surface area contributed by atoms with Crippen molar-refractivity contribution in [1.29, 1.82) is 0 Å². The third kappa shape index (κ3) is 6.71. The second kappa shape index (κ2) is 5.19. The largest absolute Gasteiger partial charge is 0.390 e. The van der Waals surface area contributed by atoms with E-state index in [0.717, 1.165) is 4.90 Å². The van der Waals surface area contributed by atoms with E-state index in [-0.39, 0.29) is 24.9 Å². The number of amides is 1. The van der Waals surface area contributed by atoms with Crippen molar-refractivity contribution < 1.29 is 18.0 Å². The number of hydrogen-bond donors (Lipinski definition) is 1. The molecular formula is C8H15F3N2O. The topological polar surface area (TPSA) is 46.3 Å². The molecule has 1 atom stereocenters. The SMILES string of the molecule is CC(N)CC(=O)N(C)CCC(F)(F)F. The number of hydrogen-bond acceptors (Lipinski definition) is 2. The first-order valence-electron chi connectivity index (χ1n) is 4.28. The first-order chi connectivity index (χ1) is 6.22. The molecule has 0 saturated heterocycles. The highest BCUT2D eigenvalue weighted by Gasteiger charge is 2.28. The number of halogens is 3. The van der Waals surface area contributed by atoms with Crippen LogP contribution in [-0.4, -0.2) is 36.6 Å². The molecule has 0 aliphatic heterocycles. The monoisotopic (exact) mass is 212 g/mol. The molecule has 0 rings (SSSR count). The van der Waals surface area contributed by atoms with Crippen molar-refractivity contribution in [2.24, 2.45) is 5.73 Å². The Morgan fingerprint density at radius 1 is 1.50 bits per heavy atom. The number of rotatable bonds is 4. The Kier molecular flexibility index (Phi) is 4.90. The van der Waals surface area contributed by atoms with Gasteiger partial charge in [-0.1, -0.05) is 0 Å². The van der Waals surface area contributed by atoms with Crippen molar-refractivity contribution in [3.8, 4) is 0 Å². The maximum absolute atomic E-state index is 11.8. The van der Waals surface area contributed by atoms with Gasteiger partial charge < -0.3 is 10.6 Å². The third-order valence-corrected chi connectivity index (χ3v) is 1.65. The molecule has 1 unspecified atom stereocenters. The normalized spacial score (nSPS) is 13.9. The van der Waals surface area contributed by atoms with Crippen molar-refractivity contribution in [3.63, 3.8) is 0 Å². The molecule has 0 aliphatic rings. The Bertz CT molecular complexity index is 192. The summed E-state index contributed by atoms with van der Waals surface area (Å²) in [6.07, 6.45) is -5.12. The fourth-order valence-corrected chi connectivity index (χ4v) is 0.850. The lowest BCUT2D eigenvalue weighted by Crippen LogP contribution is -2.34. The predicted molar refractivity (Wildman–Crippen MR) is 46.6 cm³/mol. The van der Waals surface area contributed by atoms with Gasteiger partial charge in [0.1, 0.15) is 0 Å². The first kappa shape index (κ1) is 13.2. The highest BCUT2D eigenvalue weighted by Crippen LogP contribution is 2.19. The van der Waals surface area contributed by atoms with Gasteiger partial charge in [0.25, 0.3) is 0 Å². The minimum Gasteiger partial charge on any atom is -0.345 e. The highest BCUT2D eigenvalue weighted by atomic mass is 19.4. The first-order valence-corrected chi connectivity index (χ1v) is 4.28. The Balaban J connectivity index is 3.85. The molecule has 0 aromatic carbocycles. The second-order valence-electron chi connectivity index (χ2n) is 3.36. The average molecular weight is 212 g/mol. The summed E-state index contributed by atoms with van der Waals surface area (Å²) in [6.45, 7) is 1.32. The van der Waals surface area contributed by atoms with Crippen LogP contribution in [0.25, 0.3) is 0 Å². The van der Waals surface area contributed by atoms with Crippen LogP contribution in [-0.2, 0) is 4.79 Å². The standard InChI is InChI=1S/C8H15F3N2O/c1-6(12)5-7(14)13(2)4-3-8(9,10)11/h6H,3-5,12H2,1-2H3. The molecule has 14 heavy (non-hydrogen) atoms. The fraction of sp³-hybridized carbons (Fsp3) is 0.875. The number of carbonyl (C=O) groups is 1. The van der Waals surface area contributed by atoms with Crippen molar-refractivity contribution >= 4 is 5.91 Å². The molecule has 0 aromatic heterocycles. The maximum Gasteiger partial charge on any atom is 0.390 e. The van der Waals surface area contributed by atoms with Crippen molar-refractivity contribution in [2.75, 3.05) is 13.6 Å². The molecule has 84 valence electrons. The van der Waals surface area contributed by atoms with Crippen molar-refractivity contribution in [2.45, 2.75) is 32.0 Å². The number of nitrogens with zero attached hydrogens (tertiary/aromatic N) is 1. The summed E-state index contributed by atoms with van der Waals surface area (Å²) in [6, 6.07) is -0.323. The molecule has 0 bridgehead atoms. The zero-order valence-corrected chi connectivity index (χ0v) is 8.27.